The maximum absolute atomic E-state index is 12.2. The van der Waals surface area contributed by atoms with Crippen molar-refractivity contribution < 1.29 is 17.9 Å². The second-order valence-corrected chi connectivity index (χ2v) is 7.67. The molecular formula is C17H23N3O4S. The van der Waals surface area contributed by atoms with Crippen molar-refractivity contribution in [1.82, 2.24) is 9.29 Å². The van der Waals surface area contributed by atoms with Crippen LogP contribution in [-0.2, 0) is 19.6 Å². The molecule has 0 fully saturated rings. The van der Waals surface area contributed by atoms with Crippen LogP contribution in [0.5, 0.6) is 0 Å². The van der Waals surface area contributed by atoms with Crippen LogP contribution < -0.4 is 5.32 Å². The number of rotatable bonds is 9. The number of methoxy groups -OCH3 is 1. The van der Waals surface area contributed by atoms with E-state index in [1.807, 2.05) is 24.3 Å². The second-order valence-electron chi connectivity index (χ2n) is 5.69. The Hall–Kier alpha value is -2.03. The molecule has 1 N–H and O–H groups in total. The first-order valence-electron chi connectivity index (χ1n) is 7.99. The van der Waals surface area contributed by atoms with Gasteiger partial charge in [0.15, 0.2) is 0 Å². The van der Waals surface area contributed by atoms with Crippen molar-refractivity contribution in [2.45, 2.75) is 12.8 Å². The van der Waals surface area contributed by atoms with E-state index >= 15 is 0 Å². The summed E-state index contributed by atoms with van der Waals surface area (Å²) in [6, 6.07) is 9.28. The topological polar surface area (TPSA) is 88.6 Å². The first kappa shape index (κ1) is 19.3. The summed E-state index contributed by atoms with van der Waals surface area (Å²) in [6.07, 6.45) is 3.47. The van der Waals surface area contributed by atoms with Gasteiger partial charge in [0.2, 0.25) is 15.9 Å². The van der Waals surface area contributed by atoms with Crippen molar-refractivity contribution in [3.05, 3.63) is 36.5 Å². The number of para-hydroxylation sites is 1. The molecule has 0 saturated carbocycles. The van der Waals surface area contributed by atoms with Crippen LogP contribution in [0.2, 0.25) is 0 Å². The Morgan fingerprint density at radius 1 is 1.24 bits per heavy atom. The molecule has 0 saturated heterocycles. The fourth-order valence-corrected chi connectivity index (χ4v) is 3.36. The summed E-state index contributed by atoms with van der Waals surface area (Å²) in [7, 11) is -1.80. The van der Waals surface area contributed by atoms with Gasteiger partial charge in [-0.25, -0.2) is 12.7 Å². The van der Waals surface area contributed by atoms with Gasteiger partial charge in [-0.2, -0.15) is 0 Å². The summed E-state index contributed by atoms with van der Waals surface area (Å²) in [4.78, 5) is 16.5. The Bertz CT molecular complexity index is 818. The van der Waals surface area contributed by atoms with Crippen LogP contribution in [0.25, 0.3) is 10.9 Å². The number of benzene rings is 1. The summed E-state index contributed by atoms with van der Waals surface area (Å²) in [5.41, 5.74) is 1.33. The van der Waals surface area contributed by atoms with Crippen LogP contribution in [-0.4, -0.2) is 56.7 Å². The molecule has 136 valence electrons. The average molecular weight is 365 g/mol. The number of carbonyl (C=O) groups excluding carboxylic acids is 1. The van der Waals surface area contributed by atoms with E-state index in [0.29, 0.717) is 30.8 Å². The minimum absolute atomic E-state index is 0.0727. The Labute approximate surface area is 148 Å². The molecule has 0 radical (unpaired) electrons. The minimum atomic E-state index is -3.36. The van der Waals surface area contributed by atoms with E-state index in [2.05, 4.69) is 10.3 Å². The summed E-state index contributed by atoms with van der Waals surface area (Å²) in [5, 5.41) is 3.74. The highest BCUT2D eigenvalue weighted by Crippen LogP contribution is 2.20. The van der Waals surface area contributed by atoms with Gasteiger partial charge in [-0.05, 0) is 18.6 Å². The van der Waals surface area contributed by atoms with Crippen molar-refractivity contribution in [3.8, 4) is 0 Å². The van der Waals surface area contributed by atoms with Gasteiger partial charge in [0.05, 0.1) is 17.5 Å². The van der Waals surface area contributed by atoms with Gasteiger partial charge in [0.1, 0.15) is 0 Å². The van der Waals surface area contributed by atoms with E-state index < -0.39 is 10.0 Å². The minimum Gasteiger partial charge on any atom is -0.385 e. The summed E-state index contributed by atoms with van der Waals surface area (Å²) in [5.74, 6) is -0.251. The lowest BCUT2D eigenvalue weighted by molar-refractivity contribution is -0.116. The number of pyridine rings is 1. The summed E-state index contributed by atoms with van der Waals surface area (Å²) >= 11 is 0. The molecule has 7 nitrogen and oxygen atoms in total. The molecule has 0 unspecified atom stereocenters. The monoisotopic (exact) mass is 365 g/mol. The molecule has 1 aromatic carbocycles. The molecule has 8 heteroatoms. The smallest absolute Gasteiger partial charge is 0.225 e. The van der Waals surface area contributed by atoms with Crippen LogP contribution in [0.3, 0.4) is 0 Å². The van der Waals surface area contributed by atoms with Crippen molar-refractivity contribution in [2.75, 3.05) is 38.4 Å². The Morgan fingerprint density at radius 3 is 2.72 bits per heavy atom. The van der Waals surface area contributed by atoms with Crippen LogP contribution in [0, 0.1) is 0 Å². The van der Waals surface area contributed by atoms with E-state index in [4.69, 9.17) is 4.74 Å². The van der Waals surface area contributed by atoms with Crippen molar-refractivity contribution in [3.63, 3.8) is 0 Å². The lowest BCUT2D eigenvalue weighted by atomic mass is 10.2. The van der Waals surface area contributed by atoms with Gasteiger partial charge < -0.3 is 10.1 Å². The van der Waals surface area contributed by atoms with Crippen molar-refractivity contribution in [2.24, 2.45) is 0 Å². The number of aromatic nitrogens is 1. The highest BCUT2D eigenvalue weighted by Gasteiger charge is 2.17. The first-order chi connectivity index (χ1) is 11.9. The Morgan fingerprint density at radius 2 is 2.00 bits per heavy atom. The van der Waals surface area contributed by atoms with Crippen molar-refractivity contribution >= 4 is 32.5 Å². The van der Waals surface area contributed by atoms with Gasteiger partial charge in [-0.15, -0.1) is 0 Å². The number of nitrogens with zero attached hydrogens (tertiary/aromatic N) is 2. The van der Waals surface area contributed by atoms with E-state index in [9.17, 15) is 13.2 Å². The number of amides is 1. The predicted octanol–water partition coefficient (Wildman–Crippen LogP) is 1.86. The van der Waals surface area contributed by atoms with Gasteiger partial charge >= 0.3 is 0 Å². The van der Waals surface area contributed by atoms with Gasteiger partial charge in [0, 0.05) is 44.8 Å². The second kappa shape index (κ2) is 8.89. The molecule has 2 rings (SSSR count). The van der Waals surface area contributed by atoms with Gasteiger partial charge in [-0.1, -0.05) is 18.2 Å². The maximum Gasteiger partial charge on any atom is 0.225 e. The molecule has 1 heterocycles. The Balaban J connectivity index is 1.98. The van der Waals surface area contributed by atoms with E-state index in [0.717, 1.165) is 11.6 Å². The zero-order chi connectivity index (χ0) is 18.3. The fourth-order valence-electron chi connectivity index (χ4n) is 2.47. The lowest BCUT2D eigenvalue weighted by Crippen LogP contribution is -2.34. The normalized spacial score (nSPS) is 11.8. The number of nitrogens with one attached hydrogen (secondary N) is 1. The SMILES string of the molecule is COCCCN(CCC(=O)Nc1cccc2cccnc12)S(C)(=O)=O. The molecule has 1 aromatic heterocycles. The average Bonchev–Trinajstić information content (AvgIpc) is 2.57. The van der Waals surface area contributed by atoms with Crippen LogP contribution in [0.4, 0.5) is 5.69 Å². The third kappa shape index (κ3) is 5.77. The van der Waals surface area contributed by atoms with Crippen LogP contribution >= 0.6 is 0 Å². The number of fused-ring (bicyclic) bond motifs is 1. The number of anilines is 1. The van der Waals surface area contributed by atoms with Gasteiger partial charge in [-0.3, -0.25) is 9.78 Å². The van der Waals surface area contributed by atoms with E-state index in [1.165, 1.54) is 4.31 Å². The van der Waals surface area contributed by atoms with Gasteiger partial charge in [0.25, 0.3) is 0 Å². The molecule has 2 aromatic rings. The molecule has 0 aliphatic rings. The molecule has 25 heavy (non-hydrogen) atoms. The largest absolute Gasteiger partial charge is 0.385 e. The van der Waals surface area contributed by atoms with Crippen LogP contribution in [0.1, 0.15) is 12.8 Å². The van der Waals surface area contributed by atoms with Crippen molar-refractivity contribution in [1.29, 1.82) is 0 Å². The number of carbonyl (C=O) groups is 1. The highest BCUT2D eigenvalue weighted by molar-refractivity contribution is 7.88. The standard InChI is InChI=1S/C17H23N3O4S/c1-24-13-5-11-20(25(2,22)23)12-9-16(21)19-15-8-3-6-14-7-4-10-18-17(14)15/h3-4,6-8,10H,5,9,11-13H2,1-2H3,(H,19,21). The zero-order valence-corrected chi connectivity index (χ0v) is 15.3. The van der Waals surface area contributed by atoms with E-state index in [1.54, 1.807) is 19.4 Å². The molecule has 0 atom stereocenters. The first-order valence-corrected chi connectivity index (χ1v) is 9.84. The number of sulfonamides is 1. The molecular weight excluding hydrogens is 342 g/mol. The number of hydrogen-bond acceptors (Lipinski definition) is 5. The highest BCUT2D eigenvalue weighted by atomic mass is 32.2. The molecule has 0 spiro atoms. The zero-order valence-electron chi connectivity index (χ0n) is 14.4. The third-order valence-electron chi connectivity index (χ3n) is 3.72. The molecule has 0 bridgehead atoms. The van der Waals surface area contributed by atoms with E-state index in [-0.39, 0.29) is 18.9 Å². The lowest BCUT2D eigenvalue weighted by Gasteiger charge is -2.19. The summed E-state index contributed by atoms with van der Waals surface area (Å²) in [6.45, 7) is 0.933. The quantitative estimate of drug-likeness (QED) is 0.685. The number of hydrogen-bond donors (Lipinski definition) is 1. The predicted molar refractivity (Wildman–Crippen MR) is 97.9 cm³/mol. The number of ether oxygens (including phenoxy) is 1. The Kier molecular flexibility index (Phi) is 6.86. The third-order valence-corrected chi connectivity index (χ3v) is 5.02. The van der Waals surface area contributed by atoms with Crippen LogP contribution in [0.15, 0.2) is 36.5 Å². The fraction of sp³-hybridized carbons (Fsp3) is 0.412. The molecule has 1 amide bonds. The maximum atomic E-state index is 12.2. The molecule has 0 aliphatic heterocycles. The summed E-state index contributed by atoms with van der Waals surface area (Å²) < 4.78 is 29.9. The molecule has 0 aliphatic carbocycles.